The number of aliphatic hydroxyl groups excluding tert-OH is 1. The quantitative estimate of drug-likeness (QED) is 0.731. The molecule has 0 unspecified atom stereocenters. The molecule has 6 heteroatoms. The van der Waals surface area contributed by atoms with E-state index in [1.807, 2.05) is 12.1 Å². The van der Waals surface area contributed by atoms with Gasteiger partial charge in [0.2, 0.25) is 6.79 Å². The van der Waals surface area contributed by atoms with E-state index < -0.39 is 6.10 Å². The predicted octanol–water partition coefficient (Wildman–Crippen LogP) is -0.930. The van der Waals surface area contributed by atoms with Crippen LogP contribution in [-0.4, -0.2) is 57.5 Å². The molecule has 1 saturated heterocycles. The van der Waals surface area contributed by atoms with Crippen molar-refractivity contribution in [2.24, 2.45) is 0 Å². The molecule has 2 aliphatic rings. The highest BCUT2D eigenvalue weighted by atomic mass is 16.7. The fourth-order valence-electron chi connectivity index (χ4n) is 2.42. The largest absolute Gasteiger partial charge is 0.491 e. The van der Waals surface area contributed by atoms with Crippen molar-refractivity contribution in [3.05, 3.63) is 18.2 Å². The van der Waals surface area contributed by atoms with Crippen molar-refractivity contribution < 1.29 is 29.0 Å². The minimum absolute atomic E-state index is 0.252. The second-order valence-electron chi connectivity index (χ2n) is 5.05. The topological polar surface area (TPSA) is 61.6 Å². The van der Waals surface area contributed by atoms with Crippen molar-refractivity contribution in [2.75, 3.05) is 46.2 Å². The Hall–Kier alpha value is -1.50. The number of ether oxygens (including phenoxy) is 4. The van der Waals surface area contributed by atoms with Gasteiger partial charge in [-0.2, -0.15) is 0 Å². The van der Waals surface area contributed by atoms with Crippen molar-refractivity contribution in [1.29, 1.82) is 0 Å². The molecule has 0 radical (unpaired) electrons. The molecule has 20 heavy (non-hydrogen) atoms. The third kappa shape index (κ3) is 3.33. The number of nitrogens with one attached hydrogen (secondary N) is 1. The van der Waals surface area contributed by atoms with Gasteiger partial charge in [0.05, 0.1) is 13.2 Å². The number of morpholine rings is 1. The van der Waals surface area contributed by atoms with Crippen LogP contribution in [0, 0.1) is 0 Å². The van der Waals surface area contributed by atoms with Gasteiger partial charge < -0.3 is 29.0 Å². The predicted molar refractivity (Wildman–Crippen MR) is 70.4 cm³/mol. The van der Waals surface area contributed by atoms with Gasteiger partial charge in [0, 0.05) is 6.07 Å². The molecule has 110 valence electrons. The zero-order valence-electron chi connectivity index (χ0n) is 11.3. The number of fused-ring (bicyclic) bond motifs is 1. The van der Waals surface area contributed by atoms with Gasteiger partial charge in [0.25, 0.3) is 0 Å². The first-order chi connectivity index (χ1) is 9.81. The molecule has 0 bridgehead atoms. The first-order valence-corrected chi connectivity index (χ1v) is 6.93. The van der Waals surface area contributed by atoms with E-state index in [4.69, 9.17) is 18.9 Å². The number of benzene rings is 1. The average molecular weight is 282 g/mol. The van der Waals surface area contributed by atoms with Gasteiger partial charge in [-0.1, -0.05) is 0 Å². The summed E-state index contributed by atoms with van der Waals surface area (Å²) < 4.78 is 21.4. The Morgan fingerprint density at radius 1 is 1.20 bits per heavy atom. The summed E-state index contributed by atoms with van der Waals surface area (Å²) in [4.78, 5) is 1.36. The van der Waals surface area contributed by atoms with Gasteiger partial charge in [-0.05, 0) is 12.1 Å². The number of hydrogen-bond donors (Lipinski definition) is 2. The molecule has 0 amide bonds. The normalized spacial score (nSPS) is 19.9. The highest BCUT2D eigenvalue weighted by Gasteiger charge is 2.19. The van der Waals surface area contributed by atoms with Crippen LogP contribution >= 0.6 is 0 Å². The molecule has 0 spiro atoms. The molecule has 2 aliphatic heterocycles. The first-order valence-electron chi connectivity index (χ1n) is 6.93. The Labute approximate surface area is 117 Å². The fourth-order valence-corrected chi connectivity index (χ4v) is 2.42. The van der Waals surface area contributed by atoms with E-state index in [0.717, 1.165) is 32.1 Å². The van der Waals surface area contributed by atoms with Crippen LogP contribution in [-0.2, 0) is 4.74 Å². The summed E-state index contributed by atoms with van der Waals surface area (Å²) in [5, 5.41) is 10.0. The molecule has 0 aromatic heterocycles. The fraction of sp³-hybridized carbons (Fsp3) is 0.571. The summed E-state index contributed by atoms with van der Waals surface area (Å²) in [6.45, 7) is 4.65. The molecule has 6 nitrogen and oxygen atoms in total. The van der Waals surface area contributed by atoms with Gasteiger partial charge in [0.15, 0.2) is 11.5 Å². The smallest absolute Gasteiger partial charge is 0.231 e. The van der Waals surface area contributed by atoms with Crippen molar-refractivity contribution >= 4 is 0 Å². The molecule has 1 fully saturated rings. The van der Waals surface area contributed by atoms with Crippen LogP contribution < -0.4 is 19.1 Å². The van der Waals surface area contributed by atoms with Gasteiger partial charge in [-0.15, -0.1) is 0 Å². The number of rotatable bonds is 5. The van der Waals surface area contributed by atoms with Crippen molar-refractivity contribution in [2.45, 2.75) is 6.10 Å². The summed E-state index contributed by atoms with van der Waals surface area (Å²) in [7, 11) is 0. The lowest BCUT2D eigenvalue weighted by atomic mass is 10.3. The van der Waals surface area contributed by atoms with E-state index in [-0.39, 0.29) is 13.4 Å². The van der Waals surface area contributed by atoms with Gasteiger partial charge >= 0.3 is 0 Å². The Kier molecular flexibility index (Phi) is 4.25. The second kappa shape index (κ2) is 6.30. The third-order valence-corrected chi connectivity index (χ3v) is 3.51. The monoisotopic (exact) mass is 282 g/mol. The Morgan fingerprint density at radius 2 is 2.00 bits per heavy atom. The van der Waals surface area contributed by atoms with Crippen molar-refractivity contribution in [1.82, 2.24) is 0 Å². The molecule has 0 aliphatic carbocycles. The maximum Gasteiger partial charge on any atom is 0.231 e. The van der Waals surface area contributed by atoms with E-state index in [1.54, 1.807) is 6.07 Å². The SMILES string of the molecule is O[C@H](COc1ccc2c(c1)OCO2)C[NH+]1CCOCC1. The van der Waals surface area contributed by atoms with Gasteiger partial charge in [-0.25, -0.2) is 0 Å². The molecular formula is C14H20NO5+. The maximum absolute atomic E-state index is 10.0. The average Bonchev–Trinajstić information content (AvgIpc) is 2.93. The second-order valence-corrected chi connectivity index (χ2v) is 5.05. The third-order valence-electron chi connectivity index (χ3n) is 3.51. The lowest BCUT2D eigenvalue weighted by Gasteiger charge is -2.25. The van der Waals surface area contributed by atoms with E-state index in [0.29, 0.717) is 18.0 Å². The van der Waals surface area contributed by atoms with Crippen LogP contribution in [0.1, 0.15) is 0 Å². The zero-order chi connectivity index (χ0) is 13.8. The zero-order valence-corrected chi connectivity index (χ0v) is 11.3. The summed E-state index contributed by atoms with van der Waals surface area (Å²) in [6.07, 6.45) is -0.478. The molecule has 3 rings (SSSR count). The lowest BCUT2D eigenvalue weighted by Crippen LogP contribution is -3.15. The van der Waals surface area contributed by atoms with Crippen LogP contribution in [0.5, 0.6) is 17.2 Å². The molecule has 0 saturated carbocycles. The van der Waals surface area contributed by atoms with Crippen molar-refractivity contribution in [3.8, 4) is 17.2 Å². The maximum atomic E-state index is 10.0. The summed E-state index contributed by atoms with van der Waals surface area (Å²) in [5.74, 6) is 2.11. The number of hydrogen-bond acceptors (Lipinski definition) is 5. The van der Waals surface area contributed by atoms with Crippen LogP contribution in [0.4, 0.5) is 0 Å². The molecule has 1 aromatic carbocycles. The highest BCUT2D eigenvalue weighted by Crippen LogP contribution is 2.35. The summed E-state index contributed by atoms with van der Waals surface area (Å²) in [5.41, 5.74) is 0. The van der Waals surface area contributed by atoms with E-state index in [2.05, 4.69) is 0 Å². The summed E-state index contributed by atoms with van der Waals surface area (Å²) >= 11 is 0. The number of quaternary nitrogens is 1. The molecule has 1 aromatic rings. The molecule has 2 N–H and O–H groups in total. The molecule has 1 atom stereocenters. The Bertz CT molecular complexity index is 447. The van der Waals surface area contributed by atoms with Crippen LogP contribution in [0.25, 0.3) is 0 Å². The van der Waals surface area contributed by atoms with Crippen LogP contribution in [0.15, 0.2) is 18.2 Å². The van der Waals surface area contributed by atoms with Crippen molar-refractivity contribution in [3.63, 3.8) is 0 Å². The lowest BCUT2D eigenvalue weighted by molar-refractivity contribution is -0.911. The van der Waals surface area contributed by atoms with E-state index in [9.17, 15) is 5.11 Å². The minimum atomic E-state index is -0.478. The molecule has 2 heterocycles. The first kappa shape index (κ1) is 13.5. The van der Waals surface area contributed by atoms with Gasteiger partial charge in [0.1, 0.15) is 38.1 Å². The van der Waals surface area contributed by atoms with E-state index in [1.165, 1.54) is 4.90 Å². The van der Waals surface area contributed by atoms with E-state index >= 15 is 0 Å². The Morgan fingerprint density at radius 3 is 2.85 bits per heavy atom. The standard InChI is InChI=1S/C14H19NO5/c16-11(8-15-3-5-17-6-4-15)9-18-12-1-2-13-14(7-12)20-10-19-13/h1-2,7,11,16H,3-6,8-10H2/p+1/t11-/m0/s1. The van der Waals surface area contributed by atoms with Gasteiger partial charge in [-0.3, -0.25) is 0 Å². The van der Waals surface area contributed by atoms with Crippen LogP contribution in [0.2, 0.25) is 0 Å². The minimum Gasteiger partial charge on any atom is -0.491 e. The summed E-state index contributed by atoms with van der Waals surface area (Å²) in [6, 6.07) is 5.43. The highest BCUT2D eigenvalue weighted by molar-refractivity contribution is 5.46. The molecular weight excluding hydrogens is 262 g/mol. The number of aliphatic hydroxyl groups is 1. The Balaban J connectivity index is 1.46. The van der Waals surface area contributed by atoms with Crippen LogP contribution in [0.3, 0.4) is 0 Å².